The van der Waals surface area contributed by atoms with E-state index in [-0.39, 0.29) is 5.97 Å². The van der Waals surface area contributed by atoms with E-state index in [0.29, 0.717) is 6.61 Å². The molecule has 4 heteroatoms. The lowest BCUT2D eigenvalue weighted by Gasteiger charge is -2.28. The van der Waals surface area contributed by atoms with Gasteiger partial charge in [-0.15, -0.1) is 0 Å². The summed E-state index contributed by atoms with van der Waals surface area (Å²) in [7, 11) is 1.43. The van der Waals surface area contributed by atoms with Gasteiger partial charge in [0, 0.05) is 13.2 Å². The van der Waals surface area contributed by atoms with Crippen LogP contribution in [-0.4, -0.2) is 38.4 Å². The summed E-state index contributed by atoms with van der Waals surface area (Å²) in [4.78, 5) is 11.7. The molecule has 0 saturated heterocycles. The van der Waals surface area contributed by atoms with Crippen molar-refractivity contribution in [3.8, 4) is 0 Å². The van der Waals surface area contributed by atoms with E-state index in [1.54, 1.807) is 0 Å². The fourth-order valence-corrected chi connectivity index (χ4v) is 1.66. The van der Waals surface area contributed by atoms with Gasteiger partial charge < -0.3 is 14.8 Å². The molecule has 0 spiro atoms. The molecule has 0 aliphatic rings. The van der Waals surface area contributed by atoms with E-state index in [1.165, 1.54) is 7.11 Å². The average molecular weight is 245 g/mol. The summed E-state index contributed by atoms with van der Waals surface area (Å²) in [6.45, 7) is 8.37. The lowest BCUT2D eigenvalue weighted by atomic mass is 9.96. The largest absolute Gasteiger partial charge is 0.468 e. The van der Waals surface area contributed by atoms with Crippen LogP contribution in [0.2, 0.25) is 0 Å². The Morgan fingerprint density at radius 1 is 1.24 bits per heavy atom. The highest BCUT2D eigenvalue weighted by atomic mass is 16.5. The van der Waals surface area contributed by atoms with Gasteiger partial charge in [-0.25, -0.2) is 0 Å². The minimum atomic E-state index is -0.583. The minimum Gasteiger partial charge on any atom is -0.468 e. The van der Waals surface area contributed by atoms with Crippen molar-refractivity contribution in [2.75, 3.05) is 26.9 Å². The molecule has 0 saturated carbocycles. The normalized spacial score (nSPS) is 14.4. The maximum atomic E-state index is 11.7. The van der Waals surface area contributed by atoms with Gasteiger partial charge in [0.2, 0.25) is 0 Å². The van der Waals surface area contributed by atoms with Crippen LogP contribution in [0.5, 0.6) is 0 Å². The molecule has 0 bridgehead atoms. The van der Waals surface area contributed by atoms with Crippen molar-refractivity contribution < 1.29 is 14.3 Å². The summed E-state index contributed by atoms with van der Waals surface area (Å²) >= 11 is 0. The lowest BCUT2D eigenvalue weighted by Crippen LogP contribution is -2.50. The Kier molecular flexibility index (Phi) is 9.09. The number of esters is 1. The number of methoxy groups -OCH3 is 1. The van der Waals surface area contributed by atoms with Gasteiger partial charge in [-0.05, 0) is 39.2 Å². The van der Waals surface area contributed by atoms with Crippen LogP contribution in [0.25, 0.3) is 0 Å². The first-order chi connectivity index (χ1) is 8.10. The summed E-state index contributed by atoms with van der Waals surface area (Å²) in [5.41, 5.74) is -0.583. The van der Waals surface area contributed by atoms with Crippen molar-refractivity contribution >= 4 is 5.97 Å². The first-order valence-corrected chi connectivity index (χ1v) is 6.52. The Bertz CT molecular complexity index is 209. The van der Waals surface area contributed by atoms with Gasteiger partial charge in [-0.3, -0.25) is 4.79 Å². The Morgan fingerprint density at radius 3 is 2.47 bits per heavy atom. The summed E-state index contributed by atoms with van der Waals surface area (Å²) in [5, 5.41) is 3.26. The third-order valence-corrected chi connectivity index (χ3v) is 2.71. The molecule has 0 amide bonds. The maximum absolute atomic E-state index is 11.7. The predicted octanol–water partition coefficient (Wildman–Crippen LogP) is 2.12. The van der Waals surface area contributed by atoms with Crippen LogP contribution in [0.15, 0.2) is 0 Å². The Morgan fingerprint density at radius 2 is 1.94 bits per heavy atom. The summed E-state index contributed by atoms with van der Waals surface area (Å²) in [5.74, 6) is -0.193. The molecule has 17 heavy (non-hydrogen) atoms. The molecule has 102 valence electrons. The smallest absolute Gasteiger partial charge is 0.325 e. The van der Waals surface area contributed by atoms with E-state index in [0.717, 1.165) is 38.8 Å². The Labute approximate surface area is 105 Å². The lowest BCUT2D eigenvalue weighted by molar-refractivity contribution is -0.148. The number of ether oxygens (including phenoxy) is 2. The van der Waals surface area contributed by atoms with Crippen LogP contribution in [0.1, 0.15) is 46.5 Å². The molecule has 0 aromatic rings. The standard InChI is InChI=1S/C13H27NO3/c1-5-9-14-13(3,12(15)16-4)8-7-11-17-10-6-2/h14H,5-11H2,1-4H3. The van der Waals surface area contributed by atoms with E-state index in [4.69, 9.17) is 9.47 Å². The molecule has 0 radical (unpaired) electrons. The predicted molar refractivity (Wildman–Crippen MR) is 69.1 cm³/mol. The SMILES string of the molecule is CCCNC(C)(CCCOCCC)C(=O)OC. The van der Waals surface area contributed by atoms with Gasteiger partial charge in [0.25, 0.3) is 0 Å². The van der Waals surface area contributed by atoms with Gasteiger partial charge in [-0.1, -0.05) is 13.8 Å². The van der Waals surface area contributed by atoms with E-state index in [2.05, 4.69) is 19.2 Å². The zero-order chi connectivity index (χ0) is 13.1. The molecule has 0 aliphatic heterocycles. The molecule has 0 aromatic heterocycles. The van der Waals surface area contributed by atoms with Crippen LogP contribution < -0.4 is 5.32 Å². The van der Waals surface area contributed by atoms with Crippen LogP contribution in [0, 0.1) is 0 Å². The third kappa shape index (κ3) is 6.64. The Balaban J connectivity index is 4.05. The highest BCUT2D eigenvalue weighted by Crippen LogP contribution is 2.14. The van der Waals surface area contributed by atoms with Crippen molar-refractivity contribution in [1.29, 1.82) is 0 Å². The highest BCUT2D eigenvalue weighted by molar-refractivity contribution is 5.80. The first-order valence-electron chi connectivity index (χ1n) is 6.52. The molecule has 0 heterocycles. The van der Waals surface area contributed by atoms with Gasteiger partial charge >= 0.3 is 5.97 Å². The van der Waals surface area contributed by atoms with E-state index < -0.39 is 5.54 Å². The molecular formula is C13H27NO3. The third-order valence-electron chi connectivity index (χ3n) is 2.71. The summed E-state index contributed by atoms with van der Waals surface area (Å²) < 4.78 is 10.3. The number of rotatable bonds is 10. The molecule has 1 unspecified atom stereocenters. The van der Waals surface area contributed by atoms with Crippen molar-refractivity contribution in [3.63, 3.8) is 0 Å². The van der Waals surface area contributed by atoms with Crippen molar-refractivity contribution in [1.82, 2.24) is 5.32 Å². The van der Waals surface area contributed by atoms with E-state index in [1.807, 2.05) is 6.92 Å². The zero-order valence-corrected chi connectivity index (χ0v) is 11.7. The van der Waals surface area contributed by atoms with Gasteiger partial charge in [0.05, 0.1) is 7.11 Å². The second-order valence-corrected chi connectivity index (χ2v) is 4.47. The van der Waals surface area contributed by atoms with Crippen molar-refractivity contribution in [2.45, 2.75) is 52.0 Å². The molecule has 1 N–H and O–H groups in total. The topological polar surface area (TPSA) is 47.6 Å². The highest BCUT2D eigenvalue weighted by Gasteiger charge is 2.32. The number of carbonyl (C=O) groups excluding carboxylic acids is 1. The minimum absolute atomic E-state index is 0.193. The second kappa shape index (κ2) is 9.42. The molecular weight excluding hydrogens is 218 g/mol. The second-order valence-electron chi connectivity index (χ2n) is 4.47. The van der Waals surface area contributed by atoms with Crippen molar-refractivity contribution in [3.05, 3.63) is 0 Å². The van der Waals surface area contributed by atoms with Crippen LogP contribution in [0.4, 0.5) is 0 Å². The summed E-state index contributed by atoms with van der Waals surface area (Å²) in [6.07, 6.45) is 3.63. The van der Waals surface area contributed by atoms with Gasteiger partial charge in [0.1, 0.15) is 5.54 Å². The molecule has 1 atom stereocenters. The molecule has 0 aliphatic carbocycles. The van der Waals surface area contributed by atoms with Gasteiger partial charge in [0.15, 0.2) is 0 Å². The number of nitrogens with one attached hydrogen (secondary N) is 1. The summed E-state index contributed by atoms with van der Waals surface area (Å²) in [6, 6.07) is 0. The molecule has 4 nitrogen and oxygen atoms in total. The van der Waals surface area contributed by atoms with Crippen molar-refractivity contribution in [2.24, 2.45) is 0 Å². The molecule has 0 rings (SSSR count). The number of hydrogen-bond donors (Lipinski definition) is 1. The van der Waals surface area contributed by atoms with Crippen LogP contribution in [-0.2, 0) is 14.3 Å². The first kappa shape index (κ1) is 16.4. The number of carbonyl (C=O) groups is 1. The van der Waals surface area contributed by atoms with E-state index >= 15 is 0 Å². The monoisotopic (exact) mass is 245 g/mol. The molecule has 0 fully saturated rings. The fourth-order valence-electron chi connectivity index (χ4n) is 1.66. The van der Waals surface area contributed by atoms with E-state index in [9.17, 15) is 4.79 Å². The fraction of sp³-hybridized carbons (Fsp3) is 0.923. The van der Waals surface area contributed by atoms with Crippen LogP contribution in [0.3, 0.4) is 0 Å². The number of hydrogen-bond acceptors (Lipinski definition) is 4. The molecule has 0 aromatic carbocycles. The zero-order valence-electron chi connectivity index (χ0n) is 11.7. The maximum Gasteiger partial charge on any atom is 0.325 e. The quantitative estimate of drug-likeness (QED) is 0.473. The average Bonchev–Trinajstić information content (AvgIpc) is 2.35. The Hall–Kier alpha value is -0.610. The van der Waals surface area contributed by atoms with Crippen LogP contribution >= 0.6 is 0 Å². The van der Waals surface area contributed by atoms with Gasteiger partial charge in [-0.2, -0.15) is 0 Å².